The summed E-state index contributed by atoms with van der Waals surface area (Å²) < 4.78 is 44.9. The summed E-state index contributed by atoms with van der Waals surface area (Å²) in [6.07, 6.45) is 7.40. The van der Waals surface area contributed by atoms with E-state index < -0.39 is 27.8 Å². The van der Waals surface area contributed by atoms with Crippen LogP contribution in [0.2, 0.25) is 5.02 Å². The van der Waals surface area contributed by atoms with Gasteiger partial charge in [-0.25, -0.2) is 22.6 Å². The third-order valence-corrected chi connectivity index (χ3v) is 8.12. The first-order valence-corrected chi connectivity index (χ1v) is 16.5. The molecule has 1 saturated heterocycles. The highest BCUT2D eigenvalue weighted by molar-refractivity contribution is 7.92. The number of unbranched alkanes of at least 4 members (excludes halogenated alkanes) is 1. The molecule has 3 aromatic rings. The van der Waals surface area contributed by atoms with Crippen molar-refractivity contribution in [2.75, 3.05) is 22.8 Å². The van der Waals surface area contributed by atoms with Gasteiger partial charge in [-0.05, 0) is 61.2 Å². The maximum Gasteiger partial charge on any atom is 0.319 e. The second-order valence-corrected chi connectivity index (χ2v) is 12.9. The van der Waals surface area contributed by atoms with Crippen LogP contribution >= 0.6 is 24.0 Å². The van der Waals surface area contributed by atoms with Crippen LogP contribution in [0.1, 0.15) is 54.9 Å². The predicted molar refractivity (Wildman–Crippen MR) is 175 cm³/mol. The highest BCUT2D eigenvalue weighted by atomic mass is 35.5. The van der Waals surface area contributed by atoms with E-state index in [0.717, 1.165) is 62.6 Å². The summed E-state index contributed by atoms with van der Waals surface area (Å²) in [6, 6.07) is 12.0. The number of aromatic nitrogens is 1. The molecular formula is C30H37Cl2FN6O5S. The SMILES string of the molecule is CCCCC1CC(NC(=O)Nc2cc(C(N)=O)c(F)cc2Cl)CCN1Cc1ccc(Oc2ccc(NS(C)(=O)=O)cc2)nc1.Cl. The van der Waals surface area contributed by atoms with Crippen molar-refractivity contribution in [1.82, 2.24) is 15.2 Å². The third-order valence-electron chi connectivity index (χ3n) is 7.20. The van der Waals surface area contributed by atoms with Crippen molar-refractivity contribution in [3.05, 3.63) is 76.7 Å². The Morgan fingerprint density at radius 1 is 1.18 bits per heavy atom. The zero-order valence-corrected chi connectivity index (χ0v) is 27.3. The summed E-state index contributed by atoms with van der Waals surface area (Å²) in [5.74, 6) is -0.869. The number of hydrogen-bond donors (Lipinski definition) is 4. The van der Waals surface area contributed by atoms with E-state index >= 15 is 0 Å². The molecule has 2 unspecified atom stereocenters. The fourth-order valence-electron chi connectivity index (χ4n) is 5.08. The Bertz CT molecular complexity index is 1580. The van der Waals surface area contributed by atoms with Gasteiger partial charge in [0, 0.05) is 43.1 Å². The van der Waals surface area contributed by atoms with Crippen LogP contribution in [0, 0.1) is 5.82 Å². The summed E-state index contributed by atoms with van der Waals surface area (Å²) in [4.78, 5) is 31.1. The Labute approximate surface area is 273 Å². The normalized spacial score (nSPS) is 16.7. The van der Waals surface area contributed by atoms with E-state index in [4.69, 9.17) is 22.1 Å². The number of urea groups is 1. The maximum absolute atomic E-state index is 13.9. The van der Waals surface area contributed by atoms with Gasteiger partial charge in [0.1, 0.15) is 11.6 Å². The average molecular weight is 684 g/mol. The van der Waals surface area contributed by atoms with E-state index in [2.05, 4.69) is 32.2 Å². The lowest BCUT2D eigenvalue weighted by Crippen LogP contribution is -2.50. The van der Waals surface area contributed by atoms with Gasteiger partial charge in [0.05, 0.1) is 22.5 Å². The van der Waals surface area contributed by atoms with Crippen LogP contribution < -0.4 is 25.8 Å². The van der Waals surface area contributed by atoms with Gasteiger partial charge >= 0.3 is 6.03 Å². The second kappa shape index (κ2) is 16.1. The maximum atomic E-state index is 13.9. The van der Waals surface area contributed by atoms with E-state index in [-0.39, 0.29) is 40.8 Å². The van der Waals surface area contributed by atoms with Gasteiger partial charge in [-0.3, -0.25) is 14.4 Å². The zero-order valence-electron chi connectivity index (χ0n) is 24.9. The number of pyridine rings is 1. The minimum atomic E-state index is -3.36. The molecule has 0 radical (unpaired) electrons. The number of benzene rings is 2. The van der Waals surface area contributed by atoms with Crippen LogP contribution in [0.5, 0.6) is 11.6 Å². The monoisotopic (exact) mass is 682 g/mol. The van der Waals surface area contributed by atoms with Crippen molar-refractivity contribution in [2.45, 2.75) is 57.7 Å². The number of anilines is 2. The number of nitrogens with one attached hydrogen (secondary N) is 3. The molecule has 1 aromatic heterocycles. The number of halogens is 3. The minimum absolute atomic E-state index is 0. The molecule has 3 amide bonds. The summed E-state index contributed by atoms with van der Waals surface area (Å²) >= 11 is 6.07. The summed E-state index contributed by atoms with van der Waals surface area (Å²) in [7, 11) is -3.36. The number of carbonyl (C=O) groups excluding carboxylic acids is 2. The molecule has 2 atom stereocenters. The van der Waals surface area contributed by atoms with Crippen molar-refractivity contribution < 1.29 is 27.1 Å². The van der Waals surface area contributed by atoms with Crippen LogP contribution in [0.3, 0.4) is 0 Å². The van der Waals surface area contributed by atoms with Crippen molar-refractivity contribution in [3.8, 4) is 11.6 Å². The average Bonchev–Trinajstić information content (AvgIpc) is 2.95. The number of nitrogens with two attached hydrogens (primary N) is 1. The van der Waals surface area contributed by atoms with Crippen LogP contribution in [0.25, 0.3) is 0 Å². The van der Waals surface area contributed by atoms with E-state index in [1.807, 2.05) is 6.07 Å². The number of carbonyl (C=O) groups is 2. The van der Waals surface area contributed by atoms with Gasteiger partial charge in [-0.2, -0.15) is 0 Å². The van der Waals surface area contributed by atoms with Crippen molar-refractivity contribution in [3.63, 3.8) is 0 Å². The van der Waals surface area contributed by atoms with Crippen molar-refractivity contribution >= 4 is 57.3 Å². The van der Waals surface area contributed by atoms with Gasteiger partial charge in [-0.1, -0.05) is 37.4 Å². The fourth-order valence-corrected chi connectivity index (χ4v) is 5.84. The molecule has 0 aliphatic carbocycles. The molecule has 4 rings (SSSR count). The third kappa shape index (κ3) is 10.7. The number of primary amides is 1. The standard InChI is InChI=1S/C30H36ClFN6O5S.ClH/c1-3-4-5-22-14-21(35-30(40)36-27-15-24(29(33)39)26(32)16-25(27)31)12-13-38(22)18-19-6-11-28(34-17-19)43-23-9-7-20(8-10-23)37-44(2,41)42;/h6-11,15-17,21-22,37H,3-5,12-14,18H2,1-2H3,(H2,33,39)(H2,35,36,40);1H. The number of nitrogens with zero attached hydrogens (tertiary/aromatic N) is 2. The number of hydrogen-bond acceptors (Lipinski definition) is 7. The largest absolute Gasteiger partial charge is 0.439 e. The van der Waals surface area contributed by atoms with Gasteiger partial charge < -0.3 is 21.1 Å². The summed E-state index contributed by atoms with van der Waals surface area (Å²) in [6.45, 7) is 3.59. The lowest BCUT2D eigenvalue weighted by Gasteiger charge is -2.40. The molecular weight excluding hydrogens is 646 g/mol. The molecule has 244 valence electrons. The highest BCUT2D eigenvalue weighted by Gasteiger charge is 2.29. The molecule has 0 bridgehead atoms. The Hall–Kier alpha value is -3.65. The van der Waals surface area contributed by atoms with E-state index in [1.54, 1.807) is 36.5 Å². The molecule has 45 heavy (non-hydrogen) atoms. The molecule has 2 heterocycles. The molecule has 5 N–H and O–H groups in total. The Morgan fingerprint density at radius 2 is 1.91 bits per heavy atom. The smallest absolute Gasteiger partial charge is 0.319 e. The first-order valence-electron chi connectivity index (χ1n) is 14.2. The number of rotatable bonds is 12. The molecule has 2 aromatic carbocycles. The number of piperidine rings is 1. The highest BCUT2D eigenvalue weighted by Crippen LogP contribution is 2.28. The van der Waals surface area contributed by atoms with Crippen LogP contribution in [-0.2, 0) is 16.6 Å². The van der Waals surface area contributed by atoms with Gasteiger partial charge in [0.15, 0.2) is 0 Å². The topological polar surface area (TPSA) is 156 Å². The molecule has 1 aliphatic rings. The second-order valence-electron chi connectivity index (χ2n) is 10.8. The van der Waals surface area contributed by atoms with Gasteiger partial charge in [0.25, 0.3) is 5.91 Å². The Balaban J connectivity index is 0.00000552. The first-order chi connectivity index (χ1) is 20.9. The number of ether oxygens (including phenoxy) is 1. The van der Waals surface area contributed by atoms with E-state index in [0.29, 0.717) is 23.9 Å². The molecule has 15 heteroatoms. The van der Waals surface area contributed by atoms with E-state index in [9.17, 15) is 22.4 Å². The van der Waals surface area contributed by atoms with Crippen molar-refractivity contribution in [1.29, 1.82) is 0 Å². The molecule has 11 nitrogen and oxygen atoms in total. The molecule has 1 fully saturated rings. The van der Waals surface area contributed by atoms with Crippen LogP contribution in [-0.4, -0.2) is 55.1 Å². The van der Waals surface area contributed by atoms with E-state index in [1.165, 1.54) is 0 Å². The zero-order chi connectivity index (χ0) is 31.9. The lowest BCUT2D eigenvalue weighted by atomic mass is 9.93. The molecule has 0 spiro atoms. The summed E-state index contributed by atoms with van der Waals surface area (Å²) in [5.41, 5.74) is 6.42. The minimum Gasteiger partial charge on any atom is -0.439 e. The Morgan fingerprint density at radius 3 is 2.53 bits per heavy atom. The first kappa shape index (κ1) is 35.8. The number of sulfonamides is 1. The Kier molecular flexibility index (Phi) is 12.8. The predicted octanol–water partition coefficient (Wildman–Crippen LogP) is 5.90. The van der Waals surface area contributed by atoms with Crippen LogP contribution in [0.15, 0.2) is 54.7 Å². The number of amides is 3. The molecule has 1 aliphatic heterocycles. The molecule has 0 saturated carbocycles. The lowest BCUT2D eigenvalue weighted by molar-refractivity contribution is 0.0996. The number of likely N-dealkylation sites (tertiary alicyclic amines) is 1. The van der Waals surface area contributed by atoms with Gasteiger partial charge in [0.2, 0.25) is 15.9 Å². The van der Waals surface area contributed by atoms with Gasteiger partial charge in [-0.15, -0.1) is 12.4 Å². The fraction of sp³-hybridized carbons (Fsp3) is 0.367. The summed E-state index contributed by atoms with van der Waals surface area (Å²) in [5, 5.41) is 5.55. The quantitative estimate of drug-likeness (QED) is 0.185. The van der Waals surface area contributed by atoms with Crippen molar-refractivity contribution in [2.24, 2.45) is 5.73 Å². The van der Waals surface area contributed by atoms with Crippen LogP contribution in [0.4, 0.5) is 20.6 Å².